The van der Waals surface area contributed by atoms with Gasteiger partial charge in [0, 0.05) is 19.0 Å². The summed E-state index contributed by atoms with van der Waals surface area (Å²) in [6, 6.07) is -0.0253. The number of aliphatic hydroxyl groups excluding tert-OH is 1. The summed E-state index contributed by atoms with van der Waals surface area (Å²) >= 11 is 0. The van der Waals surface area contributed by atoms with Gasteiger partial charge in [-0.2, -0.15) is 0 Å². The molecule has 0 aromatic heterocycles. The molecule has 1 aliphatic rings. The third-order valence-corrected chi connectivity index (χ3v) is 2.81. The molecule has 5 heteroatoms. The fourth-order valence-corrected chi connectivity index (χ4v) is 1.85. The lowest BCUT2D eigenvalue weighted by Crippen LogP contribution is -2.50. The van der Waals surface area contributed by atoms with Gasteiger partial charge in [-0.25, -0.2) is 0 Å². The Morgan fingerprint density at radius 1 is 1.69 bits per heavy atom. The van der Waals surface area contributed by atoms with Crippen molar-refractivity contribution in [1.82, 2.24) is 4.90 Å². The van der Waals surface area contributed by atoms with Crippen LogP contribution in [0.4, 0.5) is 0 Å². The number of hydrogen-bond donors (Lipinski definition) is 2. The van der Waals surface area contributed by atoms with E-state index in [1.807, 2.05) is 6.92 Å². The molecule has 0 radical (unpaired) electrons. The fraction of sp³-hybridized carbons (Fsp3) is 0.909. The van der Waals surface area contributed by atoms with E-state index in [0.29, 0.717) is 26.2 Å². The van der Waals surface area contributed by atoms with E-state index in [2.05, 4.69) is 0 Å². The van der Waals surface area contributed by atoms with Crippen LogP contribution in [0.15, 0.2) is 0 Å². The van der Waals surface area contributed by atoms with Gasteiger partial charge in [-0.05, 0) is 19.8 Å². The third kappa shape index (κ3) is 4.08. The number of ether oxygens (including phenoxy) is 1. The van der Waals surface area contributed by atoms with Gasteiger partial charge in [-0.3, -0.25) is 4.79 Å². The highest BCUT2D eigenvalue weighted by Crippen LogP contribution is 2.10. The van der Waals surface area contributed by atoms with Gasteiger partial charge >= 0.3 is 0 Å². The van der Waals surface area contributed by atoms with Gasteiger partial charge in [0.1, 0.15) is 0 Å². The van der Waals surface area contributed by atoms with Crippen LogP contribution in [-0.2, 0) is 9.53 Å². The molecule has 1 rings (SSSR count). The van der Waals surface area contributed by atoms with Crippen molar-refractivity contribution >= 4 is 5.91 Å². The summed E-state index contributed by atoms with van der Waals surface area (Å²) < 4.78 is 5.22. The quantitative estimate of drug-likeness (QED) is 0.681. The van der Waals surface area contributed by atoms with Crippen molar-refractivity contribution in [3.8, 4) is 0 Å². The summed E-state index contributed by atoms with van der Waals surface area (Å²) in [4.78, 5) is 13.6. The SMILES string of the molecule is CC(N)CCCC(=O)N1CCOCC1CO. The van der Waals surface area contributed by atoms with Gasteiger partial charge < -0.3 is 20.5 Å². The van der Waals surface area contributed by atoms with Crippen molar-refractivity contribution in [3.05, 3.63) is 0 Å². The van der Waals surface area contributed by atoms with Crippen molar-refractivity contribution in [2.45, 2.75) is 38.3 Å². The highest BCUT2D eigenvalue weighted by atomic mass is 16.5. The second-order valence-electron chi connectivity index (χ2n) is 4.37. The maximum Gasteiger partial charge on any atom is 0.223 e. The van der Waals surface area contributed by atoms with Crippen LogP contribution in [0.25, 0.3) is 0 Å². The number of rotatable bonds is 5. The topological polar surface area (TPSA) is 75.8 Å². The van der Waals surface area contributed by atoms with Crippen molar-refractivity contribution in [2.24, 2.45) is 5.73 Å². The number of nitrogens with zero attached hydrogens (tertiary/aromatic N) is 1. The summed E-state index contributed by atoms with van der Waals surface area (Å²) in [5.41, 5.74) is 5.63. The number of carbonyl (C=O) groups excluding carboxylic acids is 1. The first kappa shape index (κ1) is 13.4. The molecule has 0 bridgehead atoms. The first-order valence-corrected chi connectivity index (χ1v) is 5.88. The van der Waals surface area contributed by atoms with Crippen molar-refractivity contribution in [3.63, 3.8) is 0 Å². The van der Waals surface area contributed by atoms with Gasteiger partial charge in [0.05, 0.1) is 25.9 Å². The van der Waals surface area contributed by atoms with Crippen LogP contribution in [-0.4, -0.2) is 54.4 Å². The number of hydrogen-bond acceptors (Lipinski definition) is 4. The molecule has 94 valence electrons. The first-order chi connectivity index (χ1) is 7.65. The first-order valence-electron chi connectivity index (χ1n) is 5.88. The number of amides is 1. The van der Waals surface area contributed by atoms with Crippen molar-refractivity contribution in [1.29, 1.82) is 0 Å². The average Bonchev–Trinajstić information content (AvgIpc) is 2.28. The molecule has 0 aromatic carbocycles. The molecular formula is C11H22N2O3. The van der Waals surface area contributed by atoms with Crippen molar-refractivity contribution < 1.29 is 14.6 Å². The summed E-state index contributed by atoms with van der Waals surface area (Å²) in [7, 11) is 0. The van der Waals surface area contributed by atoms with Gasteiger partial charge in [-0.15, -0.1) is 0 Å². The lowest BCUT2D eigenvalue weighted by molar-refractivity contribution is -0.141. The summed E-state index contributed by atoms with van der Waals surface area (Å²) in [6.07, 6.45) is 2.18. The largest absolute Gasteiger partial charge is 0.394 e. The van der Waals surface area contributed by atoms with Gasteiger partial charge in [0.2, 0.25) is 5.91 Å². The van der Waals surface area contributed by atoms with Crippen LogP contribution >= 0.6 is 0 Å². The van der Waals surface area contributed by atoms with Crippen LogP contribution in [0, 0.1) is 0 Å². The minimum absolute atomic E-state index is 0.0287. The lowest BCUT2D eigenvalue weighted by Gasteiger charge is -2.34. The minimum atomic E-state index is -0.170. The van der Waals surface area contributed by atoms with E-state index in [0.717, 1.165) is 12.8 Å². The monoisotopic (exact) mass is 230 g/mol. The van der Waals surface area contributed by atoms with E-state index in [1.165, 1.54) is 0 Å². The average molecular weight is 230 g/mol. The highest BCUT2D eigenvalue weighted by Gasteiger charge is 2.25. The molecule has 2 atom stereocenters. The van der Waals surface area contributed by atoms with Crippen LogP contribution in [0.2, 0.25) is 0 Å². The highest BCUT2D eigenvalue weighted by molar-refractivity contribution is 5.76. The van der Waals surface area contributed by atoms with Crippen molar-refractivity contribution in [2.75, 3.05) is 26.4 Å². The predicted octanol–water partition coefficient (Wildman–Crippen LogP) is -0.276. The number of morpholine rings is 1. The molecule has 0 spiro atoms. The van der Waals surface area contributed by atoms with Crippen LogP contribution in [0.1, 0.15) is 26.2 Å². The Bertz CT molecular complexity index is 221. The molecule has 1 aliphatic heterocycles. The van der Waals surface area contributed by atoms with E-state index in [1.54, 1.807) is 4.90 Å². The fourth-order valence-electron chi connectivity index (χ4n) is 1.85. The molecular weight excluding hydrogens is 208 g/mol. The normalized spacial score (nSPS) is 23.2. The molecule has 1 heterocycles. The van der Waals surface area contributed by atoms with E-state index in [-0.39, 0.29) is 24.6 Å². The predicted molar refractivity (Wildman–Crippen MR) is 60.9 cm³/mol. The van der Waals surface area contributed by atoms with Gasteiger partial charge in [0.25, 0.3) is 0 Å². The Balaban J connectivity index is 2.33. The smallest absolute Gasteiger partial charge is 0.223 e. The Labute approximate surface area is 96.6 Å². The maximum absolute atomic E-state index is 11.9. The maximum atomic E-state index is 11.9. The van der Waals surface area contributed by atoms with Gasteiger partial charge in [0.15, 0.2) is 0 Å². The Kier molecular flexibility index (Phi) is 5.73. The summed E-state index contributed by atoms with van der Waals surface area (Å²) in [5.74, 6) is 0.100. The van der Waals surface area contributed by atoms with E-state index in [4.69, 9.17) is 15.6 Å². The zero-order valence-corrected chi connectivity index (χ0v) is 9.89. The van der Waals surface area contributed by atoms with E-state index in [9.17, 15) is 4.79 Å². The van der Waals surface area contributed by atoms with Crippen LogP contribution < -0.4 is 5.73 Å². The number of aliphatic hydroxyl groups is 1. The van der Waals surface area contributed by atoms with Crippen LogP contribution in [0.5, 0.6) is 0 Å². The summed E-state index contributed by atoms with van der Waals surface area (Å²) in [6.45, 7) is 3.50. The molecule has 0 aliphatic carbocycles. The van der Waals surface area contributed by atoms with E-state index < -0.39 is 0 Å². The molecule has 0 aromatic rings. The molecule has 3 N–H and O–H groups in total. The molecule has 0 saturated carbocycles. The molecule has 5 nitrogen and oxygen atoms in total. The number of carbonyl (C=O) groups is 1. The molecule has 1 amide bonds. The Morgan fingerprint density at radius 2 is 2.44 bits per heavy atom. The second-order valence-corrected chi connectivity index (χ2v) is 4.37. The molecule has 1 saturated heterocycles. The third-order valence-electron chi connectivity index (χ3n) is 2.81. The standard InChI is InChI=1S/C11H22N2O3/c1-9(12)3-2-4-11(15)13-5-6-16-8-10(13)7-14/h9-10,14H,2-8,12H2,1H3. The van der Waals surface area contributed by atoms with Crippen LogP contribution in [0.3, 0.4) is 0 Å². The van der Waals surface area contributed by atoms with Gasteiger partial charge in [-0.1, -0.05) is 0 Å². The zero-order chi connectivity index (χ0) is 12.0. The second kappa shape index (κ2) is 6.83. The molecule has 1 fully saturated rings. The Hall–Kier alpha value is -0.650. The number of nitrogens with two attached hydrogens (primary N) is 1. The van der Waals surface area contributed by atoms with E-state index >= 15 is 0 Å². The molecule has 16 heavy (non-hydrogen) atoms. The lowest BCUT2D eigenvalue weighted by atomic mass is 10.1. The zero-order valence-electron chi connectivity index (χ0n) is 9.89. The minimum Gasteiger partial charge on any atom is -0.394 e. The Morgan fingerprint density at radius 3 is 3.06 bits per heavy atom. The molecule has 2 unspecified atom stereocenters. The summed E-state index contributed by atoms with van der Waals surface area (Å²) in [5, 5.41) is 9.13.